The van der Waals surface area contributed by atoms with E-state index in [0.29, 0.717) is 12.1 Å². The maximum Gasteiger partial charge on any atom is 0.423 e. The molecule has 0 atom stereocenters. The third kappa shape index (κ3) is 4.64. The molecule has 0 saturated carbocycles. The van der Waals surface area contributed by atoms with Crippen LogP contribution in [0.4, 0.5) is 24.5 Å². The number of nitro benzene ring substituents is 1. The van der Waals surface area contributed by atoms with Crippen LogP contribution < -0.4 is 10.0 Å². The lowest BCUT2D eigenvalue weighted by Crippen LogP contribution is -2.45. The van der Waals surface area contributed by atoms with Crippen LogP contribution in [0.1, 0.15) is 25.8 Å². The first-order valence-corrected chi connectivity index (χ1v) is 10.2. The Bertz CT molecular complexity index is 979. The highest BCUT2D eigenvalue weighted by Gasteiger charge is 2.50. The van der Waals surface area contributed by atoms with Crippen LogP contribution in [0, 0.1) is 10.1 Å². The van der Waals surface area contributed by atoms with E-state index < -0.39 is 43.8 Å². The van der Waals surface area contributed by atoms with Gasteiger partial charge in [-0.1, -0.05) is 0 Å². The predicted molar refractivity (Wildman–Crippen MR) is 102 cm³/mol. The first-order valence-electron chi connectivity index (χ1n) is 8.09. The molecule has 1 aromatic carbocycles. The van der Waals surface area contributed by atoms with Gasteiger partial charge in [-0.3, -0.25) is 19.8 Å². The highest BCUT2D eigenvalue weighted by molar-refractivity contribution is 7.89. The topological polar surface area (TPSA) is 127 Å². The third-order valence-corrected chi connectivity index (χ3v) is 5.64. The summed E-state index contributed by atoms with van der Waals surface area (Å²) in [4.78, 5) is 24.8. The van der Waals surface area contributed by atoms with Crippen molar-refractivity contribution in [1.82, 2.24) is 4.90 Å². The average Bonchev–Trinajstić information content (AvgIpc) is 2.72. The maximum absolute atomic E-state index is 13.3. The molecular formula is C15H17F3N4O5S2. The Balaban J connectivity index is 2.43. The van der Waals surface area contributed by atoms with E-state index in [0.717, 1.165) is 11.0 Å². The zero-order valence-electron chi connectivity index (χ0n) is 15.3. The molecule has 14 heteroatoms. The molecule has 0 aliphatic carbocycles. The fourth-order valence-corrected chi connectivity index (χ4v) is 3.95. The van der Waals surface area contributed by atoms with Gasteiger partial charge < -0.3 is 4.90 Å². The van der Waals surface area contributed by atoms with E-state index in [1.165, 1.54) is 18.7 Å². The van der Waals surface area contributed by atoms with Gasteiger partial charge in [-0.25, -0.2) is 13.6 Å². The van der Waals surface area contributed by atoms with E-state index in [1.807, 2.05) is 0 Å². The number of benzene rings is 1. The van der Waals surface area contributed by atoms with E-state index in [4.69, 9.17) is 17.4 Å². The summed E-state index contributed by atoms with van der Waals surface area (Å²) < 4.78 is 62.0. The standard InChI is InChI=1S/C15H17F3N4O5S2/c1-14(2)12(23)21(13(28)20(14)6-3-7-29(19,26)27)9-4-5-11(22(24)25)10(8-9)15(16,17)18/h4-5,8H,3,6-7H2,1-2H3,(H2,19,26,27). The molecule has 2 rings (SSSR count). The van der Waals surface area contributed by atoms with E-state index in [1.54, 1.807) is 0 Å². The minimum Gasteiger partial charge on any atom is -0.334 e. The number of nitrogens with zero attached hydrogens (tertiary/aromatic N) is 3. The summed E-state index contributed by atoms with van der Waals surface area (Å²) >= 11 is 5.23. The molecule has 1 aromatic rings. The number of thiocarbonyl (C=S) groups is 1. The number of sulfonamides is 1. The summed E-state index contributed by atoms with van der Waals surface area (Å²) in [5.41, 5.74) is -4.21. The van der Waals surface area contributed by atoms with Gasteiger partial charge in [-0.15, -0.1) is 0 Å². The summed E-state index contributed by atoms with van der Waals surface area (Å²) in [7, 11) is -3.74. The lowest BCUT2D eigenvalue weighted by atomic mass is 10.0. The number of alkyl halides is 3. The molecule has 29 heavy (non-hydrogen) atoms. The molecule has 160 valence electrons. The number of nitro groups is 1. The zero-order valence-corrected chi connectivity index (χ0v) is 16.9. The van der Waals surface area contributed by atoms with Gasteiger partial charge >= 0.3 is 6.18 Å². The molecular weight excluding hydrogens is 437 g/mol. The van der Waals surface area contributed by atoms with Crippen LogP contribution in [0.15, 0.2) is 18.2 Å². The van der Waals surface area contributed by atoms with Crippen molar-refractivity contribution in [3.8, 4) is 0 Å². The molecule has 0 radical (unpaired) electrons. The van der Waals surface area contributed by atoms with Crippen LogP contribution in [0.3, 0.4) is 0 Å². The Kier molecular flexibility index (Phi) is 5.94. The molecule has 1 aliphatic rings. The van der Waals surface area contributed by atoms with Crippen molar-refractivity contribution in [2.45, 2.75) is 32.0 Å². The molecule has 2 N–H and O–H groups in total. The zero-order chi connectivity index (χ0) is 22.4. The van der Waals surface area contributed by atoms with E-state index >= 15 is 0 Å². The summed E-state index contributed by atoms with van der Waals surface area (Å²) in [6, 6.07) is 2.15. The van der Waals surface area contributed by atoms with Crippen LogP contribution in [-0.4, -0.2) is 47.1 Å². The van der Waals surface area contributed by atoms with Gasteiger partial charge in [0, 0.05) is 12.6 Å². The van der Waals surface area contributed by atoms with Gasteiger partial charge in [-0.2, -0.15) is 13.2 Å². The first kappa shape index (κ1) is 23.0. The van der Waals surface area contributed by atoms with Crippen molar-refractivity contribution < 1.29 is 31.3 Å². The van der Waals surface area contributed by atoms with Gasteiger partial charge in [0.05, 0.1) is 16.4 Å². The summed E-state index contributed by atoms with van der Waals surface area (Å²) in [5, 5.41) is 15.7. The number of nitrogens with two attached hydrogens (primary N) is 1. The average molecular weight is 454 g/mol. The highest BCUT2D eigenvalue weighted by Crippen LogP contribution is 2.40. The second-order valence-corrected chi connectivity index (χ2v) is 8.91. The second-order valence-electron chi connectivity index (χ2n) is 6.81. The maximum atomic E-state index is 13.3. The molecule has 1 saturated heterocycles. The number of hydrogen-bond donors (Lipinski definition) is 1. The van der Waals surface area contributed by atoms with E-state index in [-0.39, 0.29) is 29.5 Å². The predicted octanol–water partition coefficient (Wildman–Crippen LogP) is 2.00. The van der Waals surface area contributed by atoms with E-state index in [9.17, 15) is 36.5 Å². The second kappa shape index (κ2) is 7.50. The number of carbonyl (C=O) groups is 1. The highest BCUT2D eigenvalue weighted by atomic mass is 32.2. The molecule has 1 heterocycles. The Labute approximate surface area is 169 Å². The largest absolute Gasteiger partial charge is 0.423 e. The van der Waals surface area contributed by atoms with Crippen LogP contribution in [0.25, 0.3) is 0 Å². The molecule has 1 aliphatic heterocycles. The fourth-order valence-electron chi connectivity index (χ4n) is 2.91. The summed E-state index contributed by atoms with van der Waals surface area (Å²) in [6.45, 7) is 2.98. The smallest absolute Gasteiger partial charge is 0.334 e. The van der Waals surface area contributed by atoms with Crippen molar-refractivity contribution in [2.24, 2.45) is 5.14 Å². The monoisotopic (exact) mass is 454 g/mol. The van der Waals surface area contributed by atoms with Crippen LogP contribution in [0.5, 0.6) is 0 Å². The molecule has 1 amide bonds. The number of halogens is 3. The number of amides is 1. The number of primary sulfonamides is 1. The number of hydrogen-bond acceptors (Lipinski definition) is 6. The van der Waals surface area contributed by atoms with Crippen LogP contribution in [-0.2, 0) is 21.0 Å². The van der Waals surface area contributed by atoms with Crippen molar-refractivity contribution in [3.05, 3.63) is 33.9 Å². The van der Waals surface area contributed by atoms with Crippen LogP contribution in [0.2, 0.25) is 0 Å². The van der Waals surface area contributed by atoms with Crippen molar-refractivity contribution in [3.63, 3.8) is 0 Å². The van der Waals surface area contributed by atoms with Crippen LogP contribution >= 0.6 is 12.2 Å². The summed E-state index contributed by atoms with van der Waals surface area (Å²) in [6.07, 6.45) is -4.98. The Hall–Kier alpha value is -2.32. The van der Waals surface area contributed by atoms with Crippen molar-refractivity contribution in [1.29, 1.82) is 0 Å². The van der Waals surface area contributed by atoms with Gasteiger partial charge in [-0.05, 0) is 44.6 Å². The van der Waals surface area contributed by atoms with Crippen molar-refractivity contribution >= 4 is 44.6 Å². The fraction of sp³-hybridized carbons (Fsp3) is 0.467. The Morgan fingerprint density at radius 1 is 1.31 bits per heavy atom. The molecule has 0 bridgehead atoms. The molecule has 1 fully saturated rings. The van der Waals surface area contributed by atoms with Gasteiger partial charge in [0.1, 0.15) is 11.1 Å². The van der Waals surface area contributed by atoms with Gasteiger partial charge in [0.15, 0.2) is 5.11 Å². The Morgan fingerprint density at radius 3 is 2.38 bits per heavy atom. The molecule has 0 aromatic heterocycles. The number of carbonyl (C=O) groups excluding carboxylic acids is 1. The quantitative estimate of drug-likeness (QED) is 0.396. The lowest BCUT2D eigenvalue weighted by Gasteiger charge is -2.29. The SMILES string of the molecule is CC1(C)C(=O)N(c2ccc([N+](=O)[O-])c(C(F)(F)F)c2)C(=S)N1CCCS(N)(=O)=O. The Morgan fingerprint density at radius 2 is 1.90 bits per heavy atom. The molecule has 0 spiro atoms. The van der Waals surface area contributed by atoms with Crippen molar-refractivity contribution in [2.75, 3.05) is 17.2 Å². The van der Waals surface area contributed by atoms with E-state index in [2.05, 4.69) is 0 Å². The van der Waals surface area contributed by atoms with Gasteiger partial charge in [0.25, 0.3) is 11.6 Å². The summed E-state index contributed by atoms with van der Waals surface area (Å²) in [5.74, 6) is -1.02. The normalized spacial score (nSPS) is 17.2. The minimum absolute atomic E-state index is 0.0175. The number of anilines is 1. The number of rotatable bonds is 6. The third-order valence-electron chi connectivity index (χ3n) is 4.37. The molecule has 0 unspecified atom stereocenters. The minimum atomic E-state index is -5.02. The lowest BCUT2D eigenvalue weighted by molar-refractivity contribution is -0.388. The first-order chi connectivity index (χ1) is 13.1. The van der Waals surface area contributed by atoms with Gasteiger partial charge in [0.2, 0.25) is 10.0 Å². The molecule has 9 nitrogen and oxygen atoms in total.